The van der Waals surface area contributed by atoms with E-state index in [0.29, 0.717) is 17.0 Å². The Morgan fingerprint density at radius 1 is 1.30 bits per heavy atom. The number of benzene rings is 1. The number of rotatable bonds is 3. The van der Waals surface area contributed by atoms with E-state index in [1.807, 2.05) is 12.1 Å². The number of amides is 1. The largest absolute Gasteiger partial charge is 0.493 e. The molecule has 20 heavy (non-hydrogen) atoms. The van der Waals surface area contributed by atoms with Crippen molar-refractivity contribution in [2.75, 3.05) is 12.4 Å². The standard InChI is InChI=1S/C15H12N2O3/c1-19-12-6-2-4-10-8-13(20-14(10)12)15(18)17-11-5-3-7-16-9-11/h2-9H,1H3,(H,17,18). The van der Waals surface area contributed by atoms with E-state index in [2.05, 4.69) is 10.3 Å². The molecular formula is C15H12N2O3. The van der Waals surface area contributed by atoms with Gasteiger partial charge in [-0.15, -0.1) is 0 Å². The smallest absolute Gasteiger partial charge is 0.291 e. The Hall–Kier alpha value is -2.82. The fraction of sp³-hybridized carbons (Fsp3) is 0.0667. The number of carbonyl (C=O) groups is 1. The van der Waals surface area contributed by atoms with Crippen molar-refractivity contribution in [2.24, 2.45) is 0 Å². The van der Waals surface area contributed by atoms with Crippen molar-refractivity contribution in [2.45, 2.75) is 0 Å². The molecule has 5 nitrogen and oxygen atoms in total. The lowest BCUT2D eigenvalue weighted by Gasteiger charge is -2.01. The summed E-state index contributed by atoms with van der Waals surface area (Å²) in [6.45, 7) is 0. The number of anilines is 1. The predicted octanol–water partition coefficient (Wildman–Crippen LogP) is 3.09. The fourth-order valence-electron chi connectivity index (χ4n) is 1.94. The molecule has 2 heterocycles. The minimum absolute atomic E-state index is 0.230. The Morgan fingerprint density at radius 2 is 2.20 bits per heavy atom. The van der Waals surface area contributed by atoms with Gasteiger partial charge in [-0.05, 0) is 24.3 Å². The minimum atomic E-state index is -0.323. The maximum atomic E-state index is 12.1. The third kappa shape index (κ3) is 2.21. The molecule has 0 saturated heterocycles. The molecule has 0 bridgehead atoms. The molecular weight excluding hydrogens is 256 g/mol. The van der Waals surface area contributed by atoms with Gasteiger partial charge in [-0.3, -0.25) is 9.78 Å². The van der Waals surface area contributed by atoms with Gasteiger partial charge in [0, 0.05) is 11.6 Å². The summed E-state index contributed by atoms with van der Waals surface area (Å²) in [7, 11) is 1.56. The summed E-state index contributed by atoms with van der Waals surface area (Å²) >= 11 is 0. The summed E-state index contributed by atoms with van der Waals surface area (Å²) in [6, 6.07) is 10.7. The molecule has 0 aliphatic rings. The molecule has 0 unspecified atom stereocenters. The molecule has 0 aliphatic carbocycles. The lowest BCUT2D eigenvalue weighted by molar-refractivity contribution is 0.0998. The van der Waals surface area contributed by atoms with Crippen molar-refractivity contribution < 1.29 is 13.9 Å². The topological polar surface area (TPSA) is 64.4 Å². The molecule has 0 atom stereocenters. The number of hydrogen-bond acceptors (Lipinski definition) is 4. The van der Waals surface area contributed by atoms with Crippen LogP contribution in [0.3, 0.4) is 0 Å². The summed E-state index contributed by atoms with van der Waals surface area (Å²) in [4.78, 5) is 16.0. The molecule has 2 aromatic heterocycles. The number of furan rings is 1. The first-order chi connectivity index (χ1) is 9.78. The van der Waals surface area contributed by atoms with E-state index in [0.717, 1.165) is 5.39 Å². The van der Waals surface area contributed by atoms with Crippen molar-refractivity contribution in [1.82, 2.24) is 4.98 Å². The molecule has 0 saturated carbocycles. The normalized spacial score (nSPS) is 10.4. The predicted molar refractivity (Wildman–Crippen MR) is 75.0 cm³/mol. The number of pyridine rings is 1. The number of para-hydroxylation sites is 1. The number of carbonyl (C=O) groups excluding carboxylic acids is 1. The van der Waals surface area contributed by atoms with Gasteiger partial charge in [-0.25, -0.2) is 0 Å². The molecule has 3 aromatic rings. The van der Waals surface area contributed by atoms with E-state index in [4.69, 9.17) is 9.15 Å². The summed E-state index contributed by atoms with van der Waals surface area (Å²) in [5.41, 5.74) is 1.18. The lowest BCUT2D eigenvalue weighted by atomic mass is 10.2. The van der Waals surface area contributed by atoms with Gasteiger partial charge in [0.05, 0.1) is 19.0 Å². The number of ether oxygens (including phenoxy) is 1. The number of hydrogen-bond donors (Lipinski definition) is 1. The van der Waals surface area contributed by atoms with Gasteiger partial charge in [0.1, 0.15) is 0 Å². The highest BCUT2D eigenvalue weighted by molar-refractivity contribution is 6.05. The number of nitrogens with zero attached hydrogens (tertiary/aromatic N) is 1. The summed E-state index contributed by atoms with van der Waals surface area (Å²) in [5.74, 6) is 0.507. The fourth-order valence-corrected chi connectivity index (χ4v) is 1.94. The van der Waals surface area contributed by atoms with Crippen molar-refractivity contribution in [3.63, 3.8) is 0 Å². The molecule has 5 heteroatoms. The van der Waals surface area contributed by atoms with E-state index in [-0.39, 0.29) is 11.7 Å². The molecule has 1 N–H and O–H groups in total. The van der Waals surface area contributed by atoms with Crippen LogP contribution in [0.2, 0.25) is 0 Å². The van der Waals surface area contributed by atoms with Crippen LogP contribution >= 0.6 is 0 Å². The third-order valence-corrected chi connectivity index (χ3v) is 2.87. The lowest BCUT2D eigenvalue weighted by Crippen LogP contribution is -2.10. The first-order valence-corrected chi connectivity index (χ1v) is 6.06. The van der Waals surface area contributed by atoms with Gasteiger partial charge in [-0.2, -0.15) is 0 Å². The Bertz CT molecular complexity index is 750. The average molecular weight is 268 g/mol. The Morgan fingerprint density at radius 3 is 2.95 bits per heavy atom. The van der Waals surface area contributed by atoms with Gasteiger partial charge in [0.2, 0.25) is 0 Å². The van der Waals surface area contributed by atoms with E-state index >= 15 is 0 Å². The highest BCUT2D eigenvalue weighted by atomic mass is 16.5. The van der Waals surface area contributed by atoms with Crippen molar-refractivity contribution in [3.8, 4) is 5.75 Å². The minimum Gasteiger partial charge on any atom is -0.493 e. The Labute approximate surface area is 115 Å². The zero-order valence-corrected chi connectivity index (χ0v) is 10.8. The first kappa shape index (κ1) is 12.2. The molecule has 1 amide bonds. The Kier molecular flexibility index (Phi) is 3.09. The summed E-state index contributed by atoms with van der Waals surface area (Å²) in [5, 5.41) is 3.54. The van der Waals surface area contributed by atoms with Crippen LogP contribution in [0.1, 0.15) is 10.6 Å². The highest BCUT2D eigenvalue weighted by Gasteiger charge is 2.14. The van der Waals surface area contributed by atoms with Crippen LogP contribution in [0.15, 0.2) is 53.2 Å². The zero-order valence-electron chi connectivity index (χ0n) is 10.8. The molecule has 0 fully saturated rings. The maximum Gasteiger partial charge on any atom is 0.291 e. The van der Waals surface area contributed by atoms with Crippen LogP contribution in [0.5, 0.6) is 5.75 Å². The van der Waals surface area contributed by atoms with E-state index in [1.54, 1.807) is 43.8 Å². The van der Waals surface area contributed by atoms with Gasteiger partial charge in [-0.1, -0.05) is 12.1 Å². The monoisotopic (exact) mass is 268 g/mol. The highest BCUT2D eigenvalue weighted by Crippen LogP contribution is 2.28. The van der Waals surface area contributed by atoms with Gasteiger partial charge in [0.25, 0.3) is 5.91 Å². The van der Waals surface area contributed by atoms with Crippen LogP contribution in [0.25, 0.3) is 11.0 Å². The average Bonchev–Trinajstić information content (AvgIpc) is 2.92. The summed E-state index contributed by atoms with van der Waals surface area (Å²) in [6.07, 6.45) is 3.21. The number of nitrogens with one attached hydrogen (secondary N) is 1. The first-order valence-electron chi connectivity index (χ1n) is 6.06. The quantitative estimate of drug-likeness (QED) is 0.792. The number of fused-ring (bicyclic) bond motifs is 1. The zero-order chi connectivity index (χ0) is 13.9. The molecule has 0 radical (unpaired) electrons. The number of aromatic nitrogens is 1. The van der Waals surface area contributed by atoms with Crippen molar-refractivity contribution in [1.29, 1.82) is 0 Å². The maximum absolute atomic E-state index is 12.1. The van der Waals surface area contributed by atoms with Crippen LogP contribution < -0.4 is 10.1 Å². The molecule has 100 valence electrons. The van der Waals surface area contributed by atoms with E-state index in [1.165, 1.54) is 0 Å². The second-order valence-electron chi connectivity index (χ2n) is 4.19. The van der Waals surface area contributed by atoms with Crippen LogP contribution in [0, 0.1) is 0 Å². The van der Waals surface area contributed by atoms with Gasteiger partial charge >= 0.3 is 0 Å². The molecule has 0 spiro atoms. The molecule has 3 rings (SSSR count). The number of methoxy groups -OCH3 is 1. The third-order valence-electron chi connectivity index (χ3n) is 2.87. The second-order valence-corrected chi connectivity index (χ2v) is 4.19. The van der Waals surface area contributed by atoms with E-state index < -0.39 is 0 Å². The van der Waals surface area contributed by atoms with Gasteiger partial charge in [0.15, 0.2) is 17.1 Å². The van der Waals surface area contributed by atoms with Crippen molar-refractivity contribution in [3.05, 3.63) is 54.6 Å². The van der Waals surface area contributed by atoms with Gasteiger partial charge < -0.3 is 14.5 Å². The van der Waals surface area contributed by atoms with Crippen molar-refractivity contribution >= 4 is 22.6 Å². The molecule has 0 aliphatic heterocycles. The van der Waals surface area contributed by atoms with Crippen LogP contribution in [-0.2, 0) is 0 Å². The molecule has 1 aromatic carbocycles. The van der Waals surface area contributed by atoms with E-state index in [9.17, 15) is 4.79 Å². The second kappa shape index (κ2) is 5.05. The van der Waals surface area contributed by atoms with Crippen LogP contribution in [-0.4, -0.2) is 18.0 Å². The summed E-state index contributed by atoms with van der Waals surface area (Å²) < 4.78 is 10.8. The SMILES string of the molecule is COc1cccc2cc(C(=O)Nc3cccnc3)oc12. The Balaban J connectivity index is 1.92. The van der Waals surface area contributed by atoms with Crippen LogP contribution in [0.4, 0.5) is 5.69 Å².